The summed E-state index contributed by atoms with van der Waals surface area (Å²) in [7, 11) is 0. The predicted molar refractivity (Wildman–Crippen MR) is 75.3 cm³/mol. The number of nitrogens with two attached hydrogens (primary N) is 1. The highest BCUT2D eigenvalue weighted by molar-refractivity contribution is 9.10. The first kappa shape index (κ1) is 14.1. The van der Waals surface area contributed by atoms with Crippen molar-refractivity contribution in [1.29, 1.82) is 0 Å². The van der Waals surface area contributed by atoms with Gasteiger partial charge in [0, 0.05) is 5.56 Å². The standard InChI is InChI=1S/C11H10BrN5O3/c1-6-8(17(19)20)5-16(11(18)10(6)12)4-7-2-15-9(13)3-14-7/h2-3,5H,4H2,1H3,(H2,13,15). The molecule has 0 bridgehead atoms. The van der Waals surface area contributed by atoms with E-state index in [9.17, 15) is 14.9 Å². The summed E-state index contributed by atoms with van der Waals surface area (Å²) in [5, 5.41) is 11.0. The third-order valence-electron chi connectivity index (χ3n) is 2.69. The van der Waals surface area contributed by atoms with E-state index in [1.165, 1.54) is 30.1 Å². The summed E-state index contributed by atoms with van der Waals surface area (Å²) in [6, 6.07) is 0. The molecule has 104 valence electrons. The largest absolute Gasteiger partial charge is 0.382 e. The average molecular weight is 340 g/mol. The number of aromatic nitrogens is 3. The molecule has 2 rings (SSSR count). The minimum Gasteiger partial charge on any atom is -0.382 e. The van der Waals surface area contributed by atoms with Gasteiger partial charge >= 0.3 is 0 Å². The van der Waals surface area contributed by atoms with Crippen LogP contribution in [-0.2, 0) is 6.54 Å². The molecule has 2 aromatic heterocycles. The number of nitrogen functional groups attached to an aromatic ring is 1. The van der Waals surface area contributed by atoms with E-state index in [0.717, 1.165) is 0 Å². The van der Waals surface area contributed by atoms with E-state index in [-0.39, 0.29) is 28.1 Å². The van der Waals surface area contributed by atoms with Gasteiger partial charge in [-0.15, -0.1) is 0 Å². The molecule has 0 aromatic carbocycles. The van der Waals surface area contributed by atoms with Crippen LogP contribution in [0.2, 0.25) is 0 Å². The summed E-state index contributed by atoms with van der Waals surface area (Å²) in [4.78, 5) is 30.3. The molecule has 8 nitrogen and oxygen atoms in total. The van der Waals surface area contributed by atoms with Crippen molar-refractivity contribution in [2.45, 2.75) is 13.5 Å². The molecule has 0 atom stereocenters. The third kappa shape index (κ3) is 2.67. The Labute approximate surface area is 121 Å². The van der Waals surface area contributed by atoms with E-state index in [2.05, 4.69) is 25.9 Å². The number of anilines is 1. The Morgan fingerprint density at radius 2 is 2.15 bits per heavy atom. The molecule has 0 saturated heterocycles. The summed E-state index contributed by atoms with van der Waals surface area (Å²) >= 11 is 3.08. The molecule has 0 aliphatic heterocycles. The number of nitro groups is 1. The molecular formula is C11H10BrN5O3. The van der Waals surface area contributed by atoms with Crippen molar-refractivity contribution in [3.63, 3.8) is 0 Å². The Morgan fingerprint density at radius 1 is 1.45 bits per heavy atom. The quantitative estimate of drug-likeness (QED) is 0.664. The summed E-state index contributed by atoms with van der Waals surface area (Å²) in [6.07, 6.45) is 3.97. The monoisotopic (exact) mass is 339 g/mol. The zero-order chi connectivity index (χ0) is 14.9. The molecule has 20 heavy (non-hydrogen) atoms. The van der Waals surface area contributed by atoms with Crippen molar-refractivity contribution < 1.29 is 4.92 Å². The van der Waals surface area contributed by atoms with Crippen LogP contribution in [0.5, 0.6) is 0 Å². The zero-order valence-corrected chi connectivity index (χ0v) is 12.0. The third-order valence-corrected chi connectivity index (χ3v) is 3.63. The maximum Gasteiger partial charge on any atom is 0.289 e. The van der Waals surface area contributed by atoms with Gasteiger partial charge < -0.3 is 10.3 Å². The summed E-state index contributed by atoms with van der Waals surface area (Å²) in [6.45, 7) is 1.59. The van der Waals surface area contributed by atoms with Crippen LogP contribution >= 0.6 is 15.9 Å². The van der Waals surface area contributed by atoms with Gasteiger partial charge in [0.15, 0.2) is 0 Å². The normalized spacial score (nSPS) is 10.5. The highest BCUT2D eigenvalue weighted by atomic mass is 79.9. The molecule has 2 N–H and O–H groups in total. The van der Waals surface area contributed by atoms with Crippen molar-refractivity contribution in [2.75, 3.05) is 5.73 Å². The van der Waals surface area contributed by atoms with Crippen molar-refractivity contribution in [3.8, 4) is 0 Å². The number of pyridine rings is 1. The second-order valence-corrected chi connectivity index (χ2v) is 4.87. The Kier molecular flexibility index (Phi) is 3.79. The first-order chi connectivity index (χ1) is 9.40. The lowest BCUT2D eigenvalue weighted by Crippen LogP contribution is -2.23. The Bertz CT molecular complexity index is 726. The topological polar surface area (TPSA) is 117 Å². The van der Waals surface area contributed by atoms with Gasteiger partial charge in [-0.2, -0.15) is 0 Å². The summed E-state index contributed by atoms with van der Waals surface area (Å²) in [5.74, 6) is 0.261. The molecule has 0 radical (unpaired) electrons. The predicted octanol–water partition coefficient (Wildman–Crippen LogP) is 1.25. The van der Waals surface area contributed by atoms with Gasteiger partial charge in [0.1, 0.15) is 5.82 Å². The van der Waals surface area contributed by atoms with E-state index in [1.54, 1.807) is 0 Å². The maximum atomic E-state index is 12.1. The van der Waals surface area contributed by atoms with Crippen molar-refractivity contribution in [3.05, 3.63) is 54.8 Å². The van der Waals surface area contributed by atoms with Crippen LogP contribution in [-0.4, -0.2) is 19.5 Å². The molecule has 2 heterocycles. The number of hydrogen-bond acceptors (Lipinski definition) is 6. The van der Waals surface area contributed by atoms with Crippen LogP contribution in [0.1, 0.15) is 11.3 Å². The van der Waals surface area contributed by atoms with Gasteiger partial charge in [-0.05, 0) is 22.9 Å². The lowest BCUT2D eigenvalue weighted by atomic mass is 10.2. The molecular weight excluding hydrogens is 330 g/mol. The smallest absolute Gasteiger partial charge is 0.289 e. The van der Waals surface area contributed by atoms with Crippen LogP contribution in [0.25, 0.3) is 0 Å². The van der Waals surface area contributed by atoms with Crippen LogP contribution in [0.4, 0.5) is 11.5 Å². The molecule has 0 amide bonds. The molecule has 0 saturated carbocycles. The highest BCUT2D eigenvalue weighted by Crippen LogP contribution is 2.22. The van der Waals surface area contributed by atoms with Crippen LogP contribution in [0.15, 0.2) is 27.9 Å². The van der Waals surface area contributed by atoms with Gasteiger partial charge in [0.25, 0.3) is 11.2 Å². The fraction of sp³-hybridized carbons (Fsp3) is 0.182. The Balaban J connectivity index is 2.49. The fourth-order valence-corrected chi connectivity index (χ4v) is 2.06. The fourth-order valence-electron chi connectivity index (χ4n) is 1.62. The molecule has 0 aliphatic carbocycles. The molecule has 0 unspecified atom stereocenters. The van der Waals surface area contributed by atoms with Gasteiger partial charge in [0.05, 0.1) is 40.2 Å². The van der Waals surface area contributed by atoms with Crippen LogP contribution in [0.3, 0.4) is 0 Å². The first-order valence-corrected chi connectivity index (χ1v) is 6.29. The molecule has 0 spiro atoms. The number of hydrogen-bond donors (Lipinski definition) is 1. The van der Waals surface area contributed by atoms with E-state index in [4.69, 9.17) is 5.73 Å². The minimum atomic E-state index is -0.537. The van der Waals surface area contributed by atoms with Gasteiger partial charge in [0.2, 0.25) is 0 Å². The Hall–Kier alpha value is -2.29. The average Bonchev–Trinajstić information content (AvgIpc) is 2.41. The molecule has 0 aliphatic rings. The van der Waals surface area contributed by atoms with E-state index < -0.39 is 4.92 Å². The van der Waals surface area contributed by atoms with Crippen molar-refractivity contribution in [2.24, 2.45) is 0 Å². The van der Waals surface area contributed by atoms with E-state index in [0.29, 0.717) is 11.3 Å². The summed E-state index contributed by atoms with van der Waals surface area (Å²) < 4.78 is 1.37. The second-order valence-electron chi connectivity index (χ2n) is 4.08. The SMILES string of the molecule is Cc1c([N+](=O)[O-])cn(Cc2cnc(N)cn2)c(=O)c1Br. The van der Waals surface area contributed by atoms with E-state index >= 15 is 0 Å². The highest BCUT2D eigenvalue weighted by Gasteiger charge is 2.18. The number of nitrogens with zero attached hydrogens (tertiary/aromatic N) is 4. The van der Waals surface area contributed by atoms with Gasteiger partial charge in [-0.3, -0.25) is 19.9 Å². The van der Waals surface area contributed by atoms with Crippen LogP contribution < -0.4 is 11.3 Å². The number of rotatable bonds is 3. The van der Waals surface area contributed by atoms with Gasteiger partial charge in [-0.25, -0.2) is 4.98 Å². The lowest BCUT2D eigenvalue weighted by Gasteiger charge is -2.08. The zero-order valence-electron chi connectivity index (χ0n) is 10.4. The molecule has 9 heteroatoms. The van der Waals surface area contributed by atoms with Gasteiger partial charge in [-0.1, -0.05) is 0 Å². The summed E-state index contributed by atoms with van der Waals surface area (Å²) in [5.41, 5.74) is 5.68. The van der Waals surface area contributed by atoms with E-state index in [1.807, 2.05) is 0 Å². The second kappa shape index (κ2) is 5.37. The van der Waals surface area contributed by atoms with Crippen molar-refractivity contribution >= 4 is 27.4 Å². The maximum absolute atomic E-state index is 12.1. The number of halogens is 1. The Morgan fingerprint density at radius 3 is 2.70 bits per heavy atom. The lowest BCUT2D eigenvalue weighted by molar-refractivity contribution is -0.386. The van der Waals surface area contributed by atoms with Crippen LogP contribution in [0, 0.1) is 17.0 Å². The van der Waals surface area contributed by atoms with Crippen molar-refractivity contribution in [1.82, 2.24) is 14.5 Å². The minimum absolute atomic E-state index is 0.0752. The molecule has 2 aromatic rings. The molecule has 0 fully saturated rings. The first-order valence-electron chi connectivity index (χ1n) is 5.50.